The van der Waals surface area contributed by atoms with Crippen molar-refractivity contribution in [1.82, 2.24) is 10.2 Å². The Hall–Kier alpha value is -0.120. The van der Waals surface area contributed by atoms with E-state index in [2.05, 4.69) is 17.1 Å². The summed E-state index contributed by atoms with van der Waals surface area (Å²) in [5.74, 6) is 1.35. The van der Waals surface area contributed by atoms with Crippen molar-refractivity contribution in [3.8, 4) is 0 Å². The summed E-state index contributed by atoms with van der Waals surface area (Å²) < 4.78 is 0. The van der Waals surface area contributed by atoms with Crippen molar-refractivity contribution in [2.45, 2.75) is 89.4 Å². The molecule has 0 aromatic rings. The molecule has 2 saturated carbocycles. The Morgan fingerprint density at radius 3 is 2.19 bits per heavy atom. The molecule has 0 radical (unpaired) electrons. The number of hydrogen-bond acceptors (Lipinski definition) is 3. The van der Waals surface area contributed by atoms with Gasteiger partial charge in [0.05, 0.1) is 6.10 Å². The second-order valence-corrected chi connectivity index (χ2v) is 7.97. The van der Waals surface area contributed by atoms with Crippen LogP contribution in [-0.4, -0.2) is 47.3 Å². The summed E-state index contributed by atoms with van der Waals surface area (Å²) in [5, 5.41) is 14.0. The van der Waals surface area contributed by atoms with E-state index >= 15 is 0 Å². The lowest BCUT2D eigenvalue weighted by Crippen LogP contribution is -2.57. The molecule has 3 nitrogen and oxygen atoms in total. The number of piperidine rings is 1. The summed E-state index contributed by atoms with van der Waals surface area (Å²) in [6.07, 6.45) is 10.7. The Morgan fingerprint density at radius 1 is 0.905 bits per heavy atom. The first-order valence-electron chi connectivity index (χ1n) is 9.31. The van der Waals surface area contributed by atoms with Crippen LogP contribution in [0.5, 0.6) is 0 Å². The van der Waals surface area contributed by atoms with Gasteiger partial charge in [-0.2, -0.15) is 0 Å². The Labute approximate surface area is 130 Å². The molecule has 2 aliphatic carbocycles. The molecule has 2 N–H and O–H groups in total. The third-order valence-corrected chi connectivity index (χ3v) is 6.43. The molecule has 3 heteroatoms. The molecular formula is C18H34N2O. The van der Waals surface area contributed by atoms with Crippen LogP contribution in [0.2, 0.25) is 0 Å². The largest absolute Gasteiger partial charge is 0.393 e. The first-order chi connectivity index (χ1) is 10.1. The third-order valence-electron chi connectivity index (χ3n) is 6.43. The summed E-state index contributed by atoms with van der Waals surface area (Å²) in [6, 6.07) is 2.03. The molecule has 1 heterocycles. The molecule has 0 aromatic heterocycles. The molecule has 4 atom stereocenters. The lowest BCUT2D eigenvalue weighted by molar-refractivity contribution is 0.00688. The minimum absolute atomic E-state index is 0.172. The molecule has 1 saturated heterocycles. The summed E-state index contributed by atoms with van der Waals surface area (Å²) in [7, 11) is 0. The van der Waals surface area contributed by atoms with Crippen LogP contribution in [0.25, 0.3) is 0 Å². The van der Waals surface area contributed by atoms with Gasteiger partial charge in [-0.05, 0) is 57.8 Å². The molecule has 0 aromatic carbocycles. The predicted octanol–water partition coefficient (Wildman–Crippen LogP) is 2.78. The summed E-state index contributed by atoms with van der Waals surface area (Å²) in [6.45, 7) is 6.69. The Morgan fingerprint density at radius 2 is 1.62 bits per heavy atom. The highest BCUT2D eigenvalue weighted by molar-refractivity contribution is 4.92. The average molecular weight is 294 g/mol. The standard InChI is InChI=1S/C18H34N2O/c1-13(15-6-5-7-15)20-11-16(14(2)21)10-18(12-20)19-17-8-3-4-9-17/h13-19,21H,3-12H2,1-2H3. The minimum Gasteiger partial charge on any atom is -0.393 e. The van der Waals surface area contributed by atoms with Crippen LogP contribution in [0, 0.1) is 11.8 Å². The first-order valence-corrected chi connectivity index (χ1v) is 9.31. The van der Waals surface area contributed by atoms with Crippen LogP contribution in [-0.2, 0) is 0 Å². The van der Waals surface area contributed by atoms with E-state index in [1.807, 2.05) is 6.92 Å². The molecule has 0 bridgehead atoms. The highest BCUT2D eigenvalue weighted by atomic mass is 16.3. The van der Waals surface area contributed by atoms with E-state index < -0.39 is 0 Å². The zero-order valence-corrected chi connectivity index (χ0v) is 13.9. The summed E-state index contributed by atoms with van der Waals surface area (Å²) in [4.78, 5) is 2.68. The van der Waals surface area contributed by atoms with E-state index in [1.54, 1.807) is 0 Å². The second kappa shape index (κ2) is 6.97. The van der Waals surface area contributed by atoms with Crippen LogP contribution in [0.1, 0.15) is 65.2 Å². The number of aliphatic hydroxyl groups excluding tert-OH is 1. The fraction of sp³-hybridized carbons (Fsp3) is 1.00. The molecule has 3 rings (SSSR count). The third kappa shape index (κ3) is 3.80. The fourth-order valence-electron chi connectivity index (χ4n) is 4.62. The molecule has 3 fully saturated rings. The maximum absolute atomic E-state index is 10.1. The Balaban J connectivity index is 1.59. The second-order valence-electron chi connectivity index (χ2n) is 7.97. The van der Waals surface area contributed by atoms with E-state index in [9.17, 15) is 5.11 Å². The van der Waals surface area contributed by atoms with Gasteiger partial charge in [-0.15, -0.1) is 0 Å². The van der Waals surface area contributed by atoms with E-state index in [0.29, 0.717) is 18.0 Å². The molecule has 4 unspecified atom stereocenters. The number of nitrogens with one attached hydrogen (secondary N) is 1. The van der Waals surface area contributed by atoms with Crippen molar-refractivity contribution in [3.05, 3.63) is 0 Å². The maximum Gasteiger partial charge on any atom is 0.0553 e. The van der Waals surface area contributed by atoms with Gasteiger partial charge in [0.15, 0.2) is 0 Å². The highest BCUT2D eigenvalue weighted by Gasteiger charge is 2.36. The topological polar surface area (TPSA) is 35.5 Å². The molecule has 122 valence electrons. The monoisotopic (exact) mass is 294 g/mol. The van der Waals surface area contributed by atoms with Gasteiger partial charge in [0.25, 0.3) is 0 Å². The molecule has 1 aliphatic heterocycles. The molecule has 3 aliphatic rings. The van der Waals surface area contributed by atoms with Gasteiger partial charge >= 0.3 is 0 Å². The Kier molecular flexibility index (Phi) is 5.23. The van der Waals surface area contributed by atoms with Crippen LogP contribution in [0.4, 0.5) is 0 Å². The van der Waals surface area contributed by atoms with E-state index in [4.69, 9.17) is 0 Å². The Bertz CT molecular complexity index is 321. The predicted molar refractivity (Wildman–Crippen MR) is 87.3 cm³/mol. The van der Waals surface area contributed by atoms with Gasteiger partial charge in [-0.1, -0.05) is 19.3 Å². The summed E-state index contributed by atoms with van der Waals surface area (Å²) in [5.41, 5.74) is 0. The number of rotatable bonds is 5. The van der Waals surface area contributed by atoms with Crippen molar-refractivity contribution < 1.29 is 5.11 Å². The van der Waals surface area contributed by atoms with Crippen LogP contribution < -0.4 is 5.32 Å². The van der Waals surface area contributed by atoms with Gasteiger partial charge in [0.2, 0.25) is 0 Å². The summed E-state index contributed by atoms with van der Waals surface area (Å²) >= 11 is 0. The maximum atomic E-state index is 10.1. The van der Waals surface area contributed by atoms with E-state index in [1.165, 1.54) is 51.5 Å². The van der Waals surface area contributed by atoms with Gasteiger partial charge in [-0.3, -0.25) is 4.90 Å². The van der Waals surface area contributed by atoms with E-state index in [0.717, 1.165) is 24.9 Å². The zero-order chi connectivity index (χ0) is 14.8. The first kappa shape index (κ1) is 15.8. The SMILES string of the molecule is CC(O)C1CC(NC2CCCC2)CN(C(C)C2CCC2)C1. The van der Waals surface area contributed by atoms with Crippen molar-refractivity contribution in [2.24, 2.45) is 11.8 Å². The number of aliphatic hydroxyl groups is 1. The number of hydrogen-bond donors (Lipinski definition) is 2. The van der Waals surface area contributed by atoms with Crippen molar-refractivity contribution in [3.63, 3.8) is 0 Å². The quantitative estimate of drug-likeness (QED) is 0.818. The van der Waals surface area contributed by atoms with Crippen molar-refractivity contribution >= 4 is 0 Å². The van der Waals surface area contributed by atoms with Crippen LogP contribution in [0.3, 0.4) is 0 Å². The highest BCUT2D eigenvalue weighted by Crippen LogP contribution is 2.34. The lowest BCUT2D eigenvalue weighted by atomic mass is 9.78. The van der Waals surface area contributed by atoms with E-state index in [-0.39, 0.29) is 6.10 Å². The van der Waals surface area contributed by atoms with Gasteiger partial charge < -0.3 is 10.4 Å². The molecule has 0 spiro atoms. The van der Waals surface area contributed by atoms with Gasteiger partial charge in [0, 0.05) is 31.2 Å². The normalized spacial score (nSPS) is 35.6. The number of nitrogens with zero attached hydrogens (tertiary/aromatic N) is 1. The number of likely N-dealkylation sites (tertiary alicyclic amines) is 1. The van der Waals surface area contributed by atoms with Crippen LogP contribution in [0.15, 0.2) is 0 Å². The molecule has 21 heavy (non-hydrogen) atoms. The smallest absolute Gasteiger partial charge is 0.0553 e. The van der Waals surface area contributed by atoms with Gasteiger partial charge in [-0.25, -0.2) is 0 Å². The minimum atomic E-state index is -0.172. The fourth-order valence-corrected chi connectivity index (χ4v) is 4.62. The van der Waals surface area contributed by atoms with Crippen molar-refractivity contribution in [1.29, 1.82) is 0 Å². The van der Waals surface area contributed by atoms with Crippen LogP contribution >= 0.6 is 0 Å². The molecule has 0 amide bonds. The zero-order valence-electron chi connectivity index (χ0n) is 13.9. The van der Waals surface area contributed by atoms with Gasteiger partial charge in [0.1, 0.15) is 0 Å². The molecular weight excluding hydrogens is 260 g/mol. The van der Waals surface area contributed by atoms with Crippen molar-refractivity contribution in [2.75, 3.05) is 13.1 Å². The average Bonchev–Trinajstić information content (AvgIpc) is 2.89. The lowest BCUT2D eigenvalue weighted by Gasteiger charge is -2.46.